The number of rotatable bonds is 5. The van der Waals surface area contributed by atoms with E-state index in [1.54, 1.807) is 6.92 Å². The van der Waals surface area contributed by atoms with E-state index in [0.717, 1.165) is 9.35 Å². The second-order valence-electron chi connectivity index (χ2n) is 3.80. The van der Waals surface area contributed by atoms with E-state index in [-0.39, 0.29) is 5.97 Å². The highest BCUT2D eigenvalue weighted by atomic mass is 79.9. The predicted octanol–water partition coefficient (Wildman–Crippen LogP) is 3.62. The number of ether oxygens (including phenoxy) is 1. The van der Waals surface area contributed by atoms with Crippen molar-refractivity contribution >= 4 is 33.2 Å². The molecule has 2 aromatic rings. The summed E-state index contributed by atoms with van der Waals surface area (Å²) in [5.41, 5.74) is 0. The van der Waals surface area contributed by atoms with Gasteiger partial charge < -0.3 is 9.26 Å². The molecule has 0 aliphatic heterocycles. The lowest BCUT2D eigenvalue weighted by Gasteiger charge is -2.08. The van der Waals surface area contributed by atoms with Gasteiger partial charge >= 0.3 is 5.97 Å². The van der Waals surface area contributed by atoms with Gasteiger partial charge in [-0.3, -0.25) is 4.79 Å². The fourth-order valence-electron chi connectivity index (χ4n) is 1.59. The molecule has 1 atom stereocenters. The number of carbonyl (C=O) groups excluding carboxylic acids is 1. The van der Waals surface area contributed by atoms with Crippen LogP contribution in [0.5, 0.6) is 0 Å². The smallest absolute Gasteiger partial charge is 0.318 e. The Balaban J connectivity index is 2.22. The maximum Gasteiger partial charge on any atom is 0.318 e. The van der Waals surface area contributed by atoms with Crippen LogP contribution in [0.3, 0.4) is 0 Å². The van der Waals surface area contributed by atoms with Gasteiger partial charge in [-0.25, -0.2) is 0 Å². The first-order valence-corrected chi connectivity index (χ1v) is 7.57. The Bertz CT molecular complexity index is 567. The quantitative estimate of drug-likeness (QED) is 0.775. The van der Waals surface area contributed by atoms with E-state index in [0.29, 0.717) is 24.7 Å². The molecule has 5 nitrogen and oxygen atoms in total. The molecule has 0 radical (unpaired) electrons. The van der Waals surface area contributed by atoms with Crippen molar-refractivity contribution in [1.82, 2.24) is 10.1 Å². The van der Waals surface area contributed by atoms with E-state index in [1.807, 2.05) is 18.4 Å². The molecule has 0 N–H and O–H groups in total. The van der Waals surface area contributed by atoms with Gasteiger partial charge in [0.2, 0.25) is 11.7 Å². The lowest BCUT2D eigenvalue weighted by atomic mass is 10.1. The Morgan fingerprint density at radius 1 is 1.58 bits per heavy atom. The van der Waals surface area contributed by atoms with Gasteiger partial charge in [0.05, 0.1) is 11.5 Å². The van der Waals surface area contributed by atoms with Crippen molar-refractivity contribution in [3.8, 4) is 10.7 Å². The number of nitrogens with zero attached hydrogens (tertiary/aromatic N) is 2. The van der Waals surface area contributed by atoms with Crippen molar-refractivity contribution in [2.24, 2.45) is 0 Å². The van der Waals surface area contributed by atoms with Crippen molar-refractivity contribution in [2.45, 2.75) is 26.2 Å². The van der Waals surface area contributed by atoms with E-state index in [9.17, 15) is 4.79 Å². The van der Waals surface area contributed by atoms with E-state index in [4.69, 9.17) is 9.26 Å². The van der Waals surface area contributed by atoms with Crippen LogP contribution in [0, 0.1) is 0 Å². The Hall–Kier alpha value is -1.21. The molecule has 0 aliphatic carbocycles. The SMILES string of the molecule is CCOC(=O)C(CC)c1nc(-c2cc(Br)cs2)no1. The van der Waals surface area contributed by atoms with Crippen LogP contribution in [0.15, 0.2) is 20.4 Å². The summed E-state index contributed by atoms with van der Waals surface area (Å²) in [4.78, 5) is 16.9. The largest absolute Gasteiger partial charge is 0.465 e. The van der Waals surface area contributed by atoms with Crippen LogP contribution >= 0.6 is 27.3 Å². The second-order valence-corrected chi connectivity index (χ2v) is 5.63. The molecule has 0 bridgehead atoms. The predicted molar refractivity (Wildman–Crippen MR) is 75.0 cm³/mol. The Labute approximate surface area is 123 Å². The van der Waals surface area contributed by atoms with E-state index in [2.05, 4.69) is 26.1 Å². The molecule has 19 heavy (non-hydrogen) atoms. The molecule has 102 valence electrons. The second kappa shape index (κ2) is 6.29. The van der Waals surface area contributed by atoms with Crippen molar-refractivity contribution in [2.75, 3.05) is 6.61 Å². The van der Waals surface area contributed by atoms with E-state index >= 15 is 0 Å². The minimum Gasteiger partial charge on any atom is -0.465 e. The summed E-state index contributed by atoms with van der Waals surface area (Å²) < 4.78 is 11.1. The molecule has 0 amide bonds. The van der Waals surface area contributed by atoms with Crippen molar-refractivity contribution in [1.29, 1.82) is 0 Å². The molecule has 2 heterocycles. The summed E-state index contributed by atoms with van der Waals surface area (Å²) >= 11 is 4.88. The summed E-state index contributed by atoms with van der Waals surface area (Å²) in [6.45, 7) is 3.99. The van der Waals surface area contributed by atoms with Gasteiger partial charge in [0, 0.05) is 9.85 Å². The first-order chi connectivity index (χ1) is 9.15. The summed E-state index contributed by atoms with van der Waals surface area (Å²) in [6.07, 6.45) is 0.564. The van der Waals surface area contributed by atoms with Gasteiger partial charge in [-0.05, 0) is 35.3 Å². The van der Waals surface area contributed by atoms with Gasteiger partial charge in [-0.15, -0.1) is 11.3 Å². The van der Waals surface area contributed by atoms with Crippen molar-refractivity contribution < 1.29 is 14.1 Å². The van der Waals surface area contributed by atoms with Crippen LogP contribution in [0.1, 0.15) is 32.1 Å². The monoisotopic (exact) mass is 344 g/mol. The van der Waals surface area contributed by atoms with Crippen LogP contribution in [0.4, 0.5) is 0 Å². The third-order valence-electron chi connectivity index (χ3n) is 2.51. The number of carbonyl (C=O) groups is 1. The van der Waals surface area contributed by atoms with Gasteiger partial charge in [0.15, 0.2) is 0 Å². The molecule has 2 aromatic heterocycles. The van der Waals surface area contributed by atoms with Crippen LogP contribution in [-0.2, 0) is 9.53 Å². The van der Waals surface area contributed by atoms with Gasteiger partial charge in [-0.1, -0.05) is 12.1 Å². The standard InChI is InChI=1S/C12H13BrN2O3S/c1-3-8(12(16)17-4-2)11-14-10(15-18-11)9-5-7(13)6-19-9/h5-6,8H,3-4H2,1-2H3. The molecule has 0 spiro atoms. The molecule has 1 unspecified atom stereocenters. The van der Waals surface area contributed by atoms with Crippen LogP contribution in [-0.4, -0.2) is 22.7 Å². The highest BCUT2D eigenvalue weighted by Crippen LogP contribution is 2.29. The molecule has 0 aromatic carbocycles. The van der Waals surface area contributed by atoms with E-state index in [1.165, 1.54) is 11.3 Å². The van der Waals surface area contributed by atoms with Crippen molar-refractivity contribution in [3.63, 3.8) is 0 Å². The fraction of sp³-hybridized carbons (Fsp3) is 0.417. The number of hydrogen-bond acceptors (Lipinski definition) is 6. The number of aromatic nitrogens is 2. The van der Waals surface area contributed by atoms with Crippen LogP contribution in [0.25, 0.3) is 10.7 Å². The zero-order valence-electron chi connectivity index (χ0n) is 10.6. The third kappa shape index (κ3) is 3.22. The average molecular weight is 345 g/mol. The molecule has 0 saturated carbocycles. The molecule has 7 heteroatoms. The summed E-state index contributed by atoms with van der Waals surface area (Å²) in [5.74, 6) is -0.0221. The molecule has 0 saturated heterocycles. The normalized spacial score (nSPS) is 12.4. The summed E-state index contributed by atoms with van der Waals surface area (Å²) in [5, 5.41) is 5.85. The molecule has 0 fully saturated rings. The lowest BCUT2D eigenvalue weighted by Crippen LogP contribution is -2.15. The Kier molecular flexibility index (Phi) is 4.71. The molecular formula is C12H13BrN2O3S. The molecule has 0 aliphatic rings. The van der Waals surface area contributed by atoms with Crippen molar-refractivity contribution in [3.05, 3.63) is 21.8 Å². The van der Waals surface area contributed by atoms with E-state index < -0.39 is 5.92 Å². The maximum absolute atomic E-state index is 11.8. The first kappa shape index (κ1) is 14.2. The van der Waals surface area contributed by atoms with Crippen LogP contribution in [0.2, 0.25) is 0 Å². The number of hydrogen-bond donors (Lipinski definition) is 0. The minimum atomic E-state index is -0.496. The van der Waals surface area contributed by atoms with Gasteiger partial charge in [0.1, 0.15) is 5.92 Å². The average Bonchev–Trinajstić information content (AvgIpc) is 2.99. The zero-order chi connectivity index (χ0) is 13.8. The highest BCUT2D eigenvalue weighted by molar-refractivity contribution is 9.10. The third-order valence-corrected chi connectivity index (χ3v) is 4.19. The maximum atomic E-state index is 11.8. The molecular weight excluding hydrogens is 332 g/mol. The highest BCUT2D eigenvalue weighted by Gasteiger charge is 2.26. The minimum absolute atomic E-state index is 0.306. The lowest BCUT2D eigenvalue weighted by molar-refractivity contribution is -0.145. The van der Waals surface area contributed by atoms with Crippen LogP contribution < -0.4 is 0 Å². The molecule has 2 rings (SSSR count). The summed E-state index contributed by atoms with van der Waals surface area (Å²) in [7, 11) is 0. The number of halogens is 1. The van der Waals surface area contributed by atoms with Gasteiger partial charge in [-0.2, -0.15) is 4.98 Å². The number of thiophene rings is 1. The first-order valence-electron chi connectivity index (χ1n) is 5.90. The van der Waals surface area contributed by atoms with Gasteiger partial charge in [0.25, 0.3) is 0 Å². The fourth-order valence-corrected chi connectivity index (χ4v) is 2.94. The summed E-state index contributed by atoms with van der Waals surface area (Å²) in [6, 6.07) is 1.91. The Morgan fingerprint density at radius 2 is 2.37 bits per heavy atom. The topological polar surface area (TPSA) is 65.2 Å². The zero-order valence-corrected chi connectivity index (χ0v) is 13.0. The Morgan fingerprint density at radius 3 is 2.95 bits per heavy atom. The number of esters is 1.